The summed E-state index contributed by atoms with van der Waals surface area (Å²) in [6.07, 6.45) is 2.37. The van der Waals surface area contributed by atoms with Crippen LogP contribution in [-0.2, 0) is 5.41 Å². The molecule has 10 aromatic rings. The van der Waals surface area contributed by atoms with Crippen molar-refractivity contribution in [3.05, 3.63) is 263 Å². The number of furan rings is 1. The van der Waals surface area contributed by atoms with Crippen molar-refractivity contribution < 1.29 is 4.42 Å². The molecule has 60 heavy (non-hydrogen) atoms. The molecule has 9 aromatic carbocycles. The molecule has 280 valence electrons. The van der Waals surface area contributed by atoms with Crippen LogP contribution in [0.3, 0.4) is 0 Å². The van der Waals surface area contributed by atoms with E-state index in [0.29, 0.717) is 0 Å². The Bertz CT molecular complexity index is 3280. The minimum Gasteiger partial charge on any atom is -0.456 e. The molecule has 1 heterocycles. The molecule has 0 saturated heterocycles. The lowest BCUT2D eigenvalue weighted by Crippen LogP contribution is -2.26. The summed E-state index contributed by atoms with van der Waals surface area (Å²) in [6.45, 7) is 0. The second-order valence-electron chi connectivity index (χ2n) is 15.9. The lowest BCUT2D eigenvalue weighted by Gasteiger charge is -2.30. The summed E-state index contributed by atoms with van der Waals surface area (Å²) < 4.78 is 6.81. The zero-order chi connectivity index (χ0) is 39.6. The van der Waals surface area contributed by atoms with E-state index in [0.717, 1.165) is 39.0 Å². The molecule has 1 aromatic heterocycles. The third-order valence-corrected chi connectivity index (χ3v) is 12.7. The minimum absolute atomic E-state index is 0.546. The fourth-order valence-corrected chi connectivity index (χ4v) is 10.1. The van der Waals surface area contributed by atoms with Crippen molar-refractivity contribution in [1.29, 1.82) is 0 Å². The van der Waals surface area contributed by atoms with E-state index in [1.807, 2.05) is 0 Å². The summed E-state index contributed by atoms with van der Waals surface area (Å²) in [5.74, 6) is 0.970. The topological polar surface area (TPSA) is 13.1 Å². The highest BCUT2D eigenvalue weighted by Gasteiger charge is 2.54. The van der Waals surface area contributed by atoms with Gasteiger partial charge in [0.1, 0.15) is 11.3 Å². The Hall–Kier alpha value is -7.74. The molecule has 12 rings (SSSR count). The van der Waals surface area contributed by atoms with Crippen molar-refractivity contribution in [3.63, 3.8) is 0 Å². The number of fused-ring (bicyclic) bond motifs is 12. The Labute approximate surface area is 350 Å². The van der Waals surface area contributed by atoms with Gasteiger partial charge in [-0.3, -0.25) is 0 Å². The van der Waals surface area contributed by atoms with Crippen LogP contribution in [0.1, 0.15) is 38.9 Å². The monoisotopic (exact) mass is 762 g/mol. The van der Waals surface area contributed by atoms with Gasteiger partial charge in [0.15, 0.2) is 0 Å². The predicted molar refractivity (Wildman–Crippen MR) is 249 cm³/mol. The molecular weight excluding hydrogens is 725 g/mol. The number of para-hydroxylation sites is 1. The van der Waals surface area contributed by atoms with Crippen molar-refractivity contribution >= 4 is 22.6 Å². The number of hydrogen-bond donors (Lipinski definition) is 0. The van der Waals surface area contributed by atoms with E-state index >= 15 is 0 Å². The number of benzene rings is 9. The van der Waals surface area contributed by atoms with Crippen molar-refractivity contribution in [3.8, 4) is 55.8 Å². The van der Waals surface area contributed by atoms with E-state index in [9.17, 15) is 0 Å². The fourth-order valence-electron chi connectivity index (χ4n) is 10.1. The van der Waals surface area contributed by atoms with Gasteiger partial charge in [0, 0.05) is 16.5 Å². The molecule has 2 aliphatic rings. The van der Waals surface area contributed by atoms with E-state index in [1.165, 1.54) is 72.3 Å². The van der Waals surface area contributed by atoms with Gasteiger partial charge in [-0.05, 0) is 108 Å². The Balaban J connectivity index is 1.11. The normalized spacial score (nSPS) is 14.8. The van der Waals surface area contributed by atoms with E-state index < -0.39 is 5.41 Å². The average molecular weight is 763 g/mol. The summed E-state index contributed by atoms with van der Waals surface area (Å²) in [5.41, 5.74) is 21.0. The molecule has 2 aliphatic carbocycles. The summed E-state index contributed by atoms with van der Waals surface area (Å²) in [5, 5.41) is 1.16. The first-order valence-corrected chi connectivity index (χ1v) is 20.7. The van der Waals surface area contributed by atoms with Crippen LogP contribution in [0.5, 0.6) is 0 Å². The van der Waals surface area contributed by atoms with Crippen LogP contribution in [0.15, 0.2) is 229 Å². The molecule has 1 nitrogen and oxygen atoms in total. The Kier molecular flexibility index (Phi) is 7.83. The van der Waals surface area contributed by atoms with Gasteiger partial charge in [-0.2, -0.15) is 0 Å². The molecule has 0 radical (unpaired) electrons. The maximum absolute atomic E-state index is 6.81. The molecular formula is C59H38O. The van der Waals surface area contributed by atoms with Gasteiger partial charge in [0.25, 0.3) is 0 Å². The van der Waals surface area contributed by atoms with Crippen LogP contribution >= 0.6 is 0 Å². The lowest BCUT2D eigenvalue weighted by atomic mass is 9.69. The summed E-state index contributed by atoms with van der Waals surface area (Å²) >= 11 is 0. The number of rotatable bonds is 6. The zero-order valence-electron chi connectivity index (χ0n) is 32.8. The van der Waals surface area contributed by atoms with Crippen LogP contribution in [0.2, 0.25) is 0 Å². The molecule has 1 unspecified atom stereocenters. The predicted octanol–water partition coefficient (Wildman–Crippen LogP) is 15.4. The van der Waals surface area contributed by atoms with Gasteiger partial charge in [-0.1, -0.05) is 206 Å². The molecule has 0 bridgehead atoms. The first-order chi connectivity index (χ1) is 29.8. The zero-order valence-corrected chi connectivity index (χ0v) is 32.8. The first-order valence-electron chi connectivity index (χ1n) is 20.7. The molecule has 0 fully saturated rings. The lowest BCUT2D eigenvalue weighted by molar-refractivity contribution is 0.628. The minimum atomic E-state index is -0.546. The average Bonchev–Trinajstić information content (AvgIpc) is 3.95. The van der Waals surface area contributed by atoms with Gasteiger partial charge >= 0.3 is 0 Å². The third kappa shape index (κ3) is 5.19. The van der Waals surface area contributed by atoms with Gasteiger partial charge in [-0.25, -0.2) is 0 Å². The highest BCUT2D eigenvalue weighted by molar-refractivity contribution is 6.03. The SMILES string of the molecule is C(=C(c1ccc(-c2ccccc2)c(-c2ccccc2)c1)c1ccc2c(c1)C1(c3ccccc3-2)c2ccccc2-c2oc3ccccc3c21)c1ccc(-c2ccccc2)cc1. The van der Waals surface area contributed by atoms with Crippen LogP contribution in [0.4, 0.5) is 0 Å². The molecule has 1 spiro atoms. The first kappa shape index (κ1) is 34.3. The quantitative estimate of drug-likeness (QED) is 0.154. The van der Waals surface area contributed by atoms with Crippen molar-refractivity contribution in [2.24, 2.45) is 0 Å². The Morgan fingerprint density at radius 2 is 0.883 bits per heavy atom. The van der Waals surface area contributed by atoms with Crippen molar-refractivity contribution in [2.45, 2.75) is 5.41 Å². The molecule has 0 saturated carbocycles. The standard InChI is InChI=1S/C59H38O/c1-4-16-40(17-5-1)41-30-28-39(29-31-41)36-51(44-32-34-46(42-18-6-2-7-19-42)52(37-44)43-20-8-3-9-21-43)45-33-35-48-47-22-10-13-25-53(47)59(55(48)38-45)54-26-14-11-23-49(54)58-57(59)50-24-12-15-27-56(50)60-58/h1-38H. The second-order valence-corrected chi connectivity index (χ2v) is 15.9. The maximum Gasteiger partial charge on any atom is 0.140 e. The second kappa shape index (κ2) is 13.7. The summed E-state index contributed by atoms with van der Waals surface area (Å²) in [4.78, 5) is 0. The van der Waals surface area contributed by atoms with Crippen LogP contribution in [0, 0.1) is 0 Å². The van der Waals surface area contributed by atoms with Gasteiger partial charge < -0.3 is 4.42 Å². The van der Waals surface area contributed by atoms with E-state index in [1.54, 1.807) is 0 Å². The van der Waals surface area contributed by atoms with Crippen LogP contribution < -0.4 is 0 Å². The van der Waals surface area contributed by atoms with Crippen molar-refractivity contribution in [1.82, 2.24) is 0 Å². The number of hydrogen-bond acceptors (Lipinski definition) is 1. The highest BCUT2D eigenvalue weighted by atomic mass is 16.3. The summed E-state index contributed by atoms with van der Waals surface area (Å²) in [7, 11) is 0. The molecule has 0 N–H and O–H groups in total. The van der Waals surface area contributed by atoms with E-state index in [2.05, 4.69) is 231 Å². The fraction of sp³-hybridized carbons (Fsp3) is 0.0169. The van der Waals surface area contributed by atoms with E-state index in [-0.39, 0.29) is 0 Å². The molecule has 0 aliphatic heterocycles. The van der Waals surface area contributed by atoms with Gasteiger partial charge in [0.2, 0.25) is 0 Å². The Morgan fingerprint density at radius 3 is 1.60 bits per heavy atom. The van der Waals surface area contributed by atoms with Gasteiger partial charge in [-0.15, -0.1) is 0 Å². The van der Waals surface area contributed by atoms with Crippen LogP contribution in [0.25, 0.3) is 78.4 Å². The van der Waals surface area contributed by atoms with Gasteiger partial charge in [0.05, 0.1) is 5.41 Å². The smallest absolute Gasteiger partial charge is 0.140 e. The van der Waals surface area contributed by atoms with E-state index in [4.69, 9.17) is 4.42 Å². The largest absolute Gasteiger partial charge is 0.456 e. The molecule has 0 amide bonds. The molecule has 1 heteroatoms. The van der Waals surface area contributed by atoms with Crippen molar-refractivity contribution in [2.75, 3.05) is 0 Å². The molecule has 1 atom stereocenters. The van der Waals surface area contributed by atoms with Crippen LogP contribution in [-0.4, -0.2) is 0 Å². The highest BCUT2D eigenvalue weighted by Crippen LogP contribution is 2.65. The Morgan fingerprint density at radius 1 is 0.367 bits per heavy atom. The maximum atomic E-state index is 6.81. The third-order valence-electron chi connectivity index (χ3n) is 12.7. The summed E-state index contributed by atoms with van der Waals surface area (Å²) in [6, 6.07) is 81.7.